The summed E-state index contributed by atoms with van der Waals surface area (Å²) in [5, 5.41) is 17.9. The molecule has 0 aliphatic rings. The maximum Gasteiger partial charge on any atom is 0.0730 e. The molecule has 0 radical (unpaired) electrons. The molecule has 20 heavy (non-hydrogen) atoms. The van der Waals surface area contributed by atoms with Crippen LogP contribution < -0.4 is 5.32 Å². The number of hydrogen-bond donors (Lipinski definition) is 2. The third-order valence-corrected chi connectivity index (χ3v) is 3.60. The van der Waals surface area contributed by atoms with Gasteiger partial charge in [-0.1, -0.05) is 30.3 Å². The number of aliphatic hydroxyl groups excluding tert-OH is 1. The topological polar surface area (TPSA) is 50.1 Å². The maximum atomic E-state index is 10.3. The standard InChI is InChI=1S/C16H23N3O/c1-12(15-10-17-19(3)11-15)18-13(2)16(20)9-14-7-5-4-6-8-14/h4-8,10-13,16,18,20H,9H2,1-3H3. The second-order valence-electron chi connectivity index (χ2n) is 5.38. The number of benzene rings is 1. The highest BCUT2D eigenvalue weighted by molar-refractivity contribution is 5.16. The summed E-state index contributed by atoms with van der Waals surface area (Å²) in [6.07, 6.45) is 4.10. The largest absolute Gasteiger partial charge is 0.391 e. The molecule has 0 bridgehead atoms. The Balaban J connectivity index is 1.89. The zero-order valence-electron chi connectivity index (χ0n) is 12.3. The number of aromatic nitrogens is 2. The van der Waals surface area contributed by atoms with Crippen LogP contribution in [0.25, 0.3) is 0 Å². The monoisotopic (exact) mass is 273 g/mol. The van der Waals surface area contributed by atoms with Gasteiger partial charge >= 0.3 is 0 Å². The van der Waals surface area contributed by atoms with E-state index in [0.29, 0.717) is 6.42 Å². The Hall–Kier alpha value is -1.65. The van der Waals surface area contributed by atoms with Gasteiger partial charge in [0.2, 0.25) is 0 Å². The van der Waals surface area contributed by atoms with Crippen LogP contribution in [0.3, 0.4) is 0 Å². The molecule has 3 unspecified atom stereocenters. The number of aliphatic hydroxyl groups is 1. The van der Waals surface area contributed by atoms with Crippen LogP contribution in [0, 0.1) is 0 Å². The Labute approximate surface area is 120 Å². The van der Waals surface area contributed by atoms with Crippen LogP contribution >= 0.6 is 0 Å². The SMILES string of the molecule is CC(NC(C)C(O)Cc1ccccc1)c1cnn(C)c1. The third-order valence-electron chi connectivity index (χ3n) is 3.60. The fraction of sp³-hybridized carbons (Fsp3) is 0.438. The Morgan fingerprint density at radius 1 is 1.25 bits per heavy atom. The molecule has 2 aromatic rings. The lowest BCUT2D eigenvalue weighted by Crippen LogP contribution is -2.39. The fourth-order valence-corrected chi connectivity index (χ4v) is 2.30. The summed E-state index contributed by atoms with van der Waals surface area (Å²) in [4.78, 5) is 0. The Morgan fingerprint density at radius 2 is 1.95 bits per heavy atom. The van der Waals surface area contributed by atoms with Gasteiger partial charge in [-0.3, -0.25) is 4.68 Å². The molecule has 0 spiro atoms. The zero-order chi connectivity index (χ0) is 14.5. The summed E-state index contributed by atoms with van der Waals surface area (Å²) in [5.74, 6) is 0. The van der Waals surface area contributed by atoms with E-state index in [1.54, 1.807) is 4.68 Å². The molecule has 0 fully saturated rings. The lowest BCUT2D eigenvalue weighted by Gasteiger charge is -2.24. The van der Waals surface area contributed by atoms with E-state index in [0.717, 1.165) is 11.1 Å². The van der Waals surface area contributed by atoms with Crippen LogP contribution in [0.2, 0.25) is 0 Å². The second kappa shape index (κ2) is 6.68. The first-order chi connectivity index (χ1) is 9.56. The summed E-state index contributed by atoms with van der Waals surface area (Å²) < 4.78 is 1.79. The highest BCUT2D eigenvalue weighted by atomic mass is 16.3. The Bertz CT molecular complexity index is 524. The van der Waals surface area contributed by atoms with Crippen LogP contribution in [-0.2, 0) is 13.5 Å². The van der Waals surface area contributed by atoms with E-state index in [4.69, 9.17) is 0 Å². The molecule has 4 nitrogen and oxygen atoms in total. The highest BCUT2D eigenvalue weighted by Crippen LogP contribution is 2.13. The van der Waals surface area contributed by atoms with E-state index < -0.39 is 6.10 Å². The van der Waals surface area contributed by atoms with Crippen molar-refractivity contribution in [1.29, 1.82) is 0 Å². The summed E-state index contributed by atoms with van der Waals surface area (Å²) >= 11 is 0. The molecule has 0 saturated carbocycles. The maximum absolute atomic E-state index is 10.3. The van der Waals surface area contributed by atoms with Crippen molar-refractivity contribution >= 4 is 0 Å². The minimum atomic E-state index is -0.406. The van der Waals surface area contributed by atoms with Crippen molar-refractivity contribution in [3.63, 3.8) is 0 Å². The number of aryl methyl sites for hydroxylation is 1. The summed E-state index contributed by atoms with van der Waals surface area (Å²) in [7, 11) is 1.91. The molecule has 2 rings (SSSR count). The van der Waals surface area contributed by atoms with Gasteiger partial charge in [-0.25, -0.2) is 0 Å². The number of nitrogens with zero attached hydrogens (tertiary/aromatic N) is 2. The second-order valence-corrected chi connectivity index (χ2v) is 5.38. The number of nitrogens with one attached hydrogen (secondary N) is 1. The van der Waals surface area contributed by atoms with E-state index in [2.05, 4.69) is 17.3 Å². The molecule has 0 amide bonds. The number of hydrogen-bond acceptors (Lipinski definition) is 3. The molecule has 1 aromatic heterocycles. The van der Waals surface area contributed by atoms with Crippen molar-refractivity contribution in [2.24, 2.45) is 7.05 Å². The molecule has 1 aromatic carbocycles. The smallest absolute Gasteiger partial charge is 0.0730 e. The third kappa shape index (κ3) is 3.92. The van der Waals surface area contributed by atoms with Gasteiger partial charge in [0.25, 0.3) is 0 Å². The molecule has 4 heteroatoms. The molecule has 1 heterocycles. The first-order valence-electron chi connectivity index (χ1n) is 7.03. The predicted octanol–water partition coefficient (Wildman–Crippen LogP) is 2.06. The molecule has 2 N–H and O–H groups in total. The molecule has 0 saturated heterocycles. The summed E-state index contributed by atoms with van der Waals surface area (Å²) in [6.45, 7) is 4.10. The van der Waals surface area contributed by atoms with Crippen LogP contribution in [0.15, 0.2) is 42.7 Å². The van der Waals surface area contributed by atoms with Crippen molar-refractivity contribution in [2.45, 2.75) is 38.5 Å². The van der Waals surface area contributed by atoms with Crippen molar-refractivity contribution in [3.8, 4) is 0 Å². The Morgan fingerprint density at radius 3 is 2.55 bits per heavy atom. The van der Waals surface area contributed by atoms with Crippen LogP contribution in [0.4, 0.5) is 0 Å². The number of rotatable bonds is 6. The summed E-state index contributed by atoms with van der Waals surface area (Å²) in [6, 6.07) is 10.3. The molecular weight excluding hydrogens is 250 g/mol. The molecule has 0 aliphatic carbocycles. The molecule has 108 valence electrons. The van der Waals surface area contributed by atoms with Crippen molar-refractivity contribution in [1.82, 2.24) is 15.1 Å². The van der Waals surface area contributed by atoms with Crippen molar-refractivity contribution < 1.29 is 5.11 Å². The van der Waals surface area contributed by atoms with E-state index in [9.17, 15) is 5.11 Å². The van der Waals surface area contributed by atoms with Gasteiger partial charge in [0.05, 0.1) is 12.3 Å². The van der Waals surface area contributed by atoms with Crippen molar-refractivity contribution in [3.05, 3.63) is 53.9 Å². The molecule has 0 aliphatic heterocycles. The van der Waals surface area contributed by atoms with Crippen LogP contribution in [-0.4, -0.2) is 27.0 Å². The Kier molecular flexibility index (Phi) is 4.93. The van der Waals surface area contributed by atoms with Crippen LogP contribution in [0.1, 0.15) is 31.0 Å². The van der Waals surface area contributed by atoms with E-state index in [-0.39, 0.29) is 12.1 Å². The van der Waals surface area contributed by atoms with E-state index in [1.165, 1.54) is 0 Å². The summed E-state index contributed by atoms with van der Waals surface area (Å²) in [5.41, 5.74) is 2.29. The van der Waals surface area contributed by atoms with Gasteiger partial charge in [0.15, 0.2) is 0 Å². The lowest BCUT2D eigenvalue weighted by molar-refractivity contribution is 0.129. The fourth-order valence-electron chi connectivity index (χ4n) is 2.30. The van der Waals surface area contributed by atoms with Gasteiger partial charge < -0.3 is 10.4 Å². The van der Waals surface area contributed by atoms with Crippen molar-refractivity contribution in [2.75, 3.05) is 0 Å². The molecule has 3 atom stereocenters. The average molecular weight is 273 g/mol. The minimum Gasteiger partial charge on any atom is -0.391 e. The lowest BCUT2D eigenvalue weighted by atomic mass is 10.0. The van der Waals surface area contributed by atoms with Crippen LogP contribution in [0.5, 0.6) is 0 Å². The predicted molar refractivity (Wildman–Crippen MR) is 80.4 cm³/mol. The quantitative estimate of drug-likeness (QED) is 0.847. The highest BCUT2D eigenvalue weighted by Gasteiger charge is 2.18. The van der Waals surface area contributed by atoms with E-state index in [1.807, 2.05) is 56.7 Å². The minimum absolute atomic E-state index is 0.0189. The first kappa shape index (κ1) is 14.8. The van der Waals surface area contributed by atoms with Gasteiger partial charge in [0.1, 0.15) is 0 Å². The average Bonchev–Trinajstić information content (AvgIpc) is 2.86. The normalized spacial score (nSPS) is 15.8. The van der Waals surface area contributed by atoms with Gasteiger partial charge in [-0.15, -0.1) is 0 Å². The van der Waals surface area contributed by atoms with E-state index >= 15 is 0 Å². The van der Waals surface area contributed by atoms with Gasteiger partial charge in [-0.2, -0.15) is 5.10 Å². The van der Waals surface area contributed by atoms with Gasteiger partial charge in [0, 0.05) is 30.9 Å². The van der Waals surface area contributed by atoms with Gasteiger partial charge in [-0.05, 0) is 25.8 Å². The zero-order valence-corrected chi connectivity index (χ0v) is 12.3. The molecular formula is C16H23N3O. The first-order valence-corrected chi connectivity index (χ1v) is 7.03.